The van der Waals surface area contributed by atoms with Crippen molar-refractivity contribution in [3.63, 3.8) is 0 Å². The third-order valence-electron chi connectivity index (χ3n) is 6.96. The summed E-state index contributed by atoms with van der Waals surface area (Å²) in [5.41, 5.74) is 2.06. The van der Waals surface area contributed by atoms with Gasteiger partial charge in [0.2, 0.25) is 0 Å². The average molecular weight is 577 g/mol. The van der Waals surface area contributed by atoms with E-state index in [0.29, 0.717) is 45.9 Å². The van der Waals surface area contributed by atoms with E-state index in [1.807, 2.05) is 42.5 Å². The number of carboxylic acids is 1. The second kappa shape index (κ2) is 10.9. The molecule has 1 unspecified atom stereocenters. The molecule has 3 heterocycles. The number of hydrogen-bond acceptors (Lipinski definition) is 6. The Balaban J connectivity index is 0.00000185. The van der Waals surface area contributed by atoms with Crippen molar-refractivity contribution in [3.8, 4) is 22.8 Å². The first-order valence-corrected chi connectivity index (χ1v) is 13.5. The van der Waals surface area contributed by atoms with Crippen LogP contribution in [0.4, 0.5) is 5.13 Å². The summed E-state index contributed by atoms with van der Waals surface area (Å²) in [7, 11) is 0. The molecule has 1 amide bonds. The van der Waals surface area contributed by atoms with Crippen molar-refractivity contribution in [1.82, 2.24) is 15.3 Å². The number of H-pyrrole nitrogens is 1. The zero-order valence-corrected chi connectivity index (χ0v) is 23.4. The summed E-state index contributed by atoms with van der Waals surface area (Å²) < 4.78 is 5.84. The number of aromatic carboxylic acids is 1. The van der Waals surface area contributed by atoms with E-state index in [-0.39, 0.29) is 59.7 Å². The zero-order valence-electron chi connectivity index (χ0n) is 22.1. The summed E-state index contributed by atoms with van der Waals surface area (Å²) in [6.07, 6.45) is 0. The molecule has 3 N–H and O–H groups in total. The van der Waals surface area contributed by atoms with Gasteiger partial charge in [-0.05, 0) is 43.3 Å². The van der Waals surface area contributed by atoms with E-state index >= 15 is 0 Å². The van der Waals surface area contributed by atoms with E-state index in [2.05, 4.69) is 15.2 Å². The fraction of sp³-hybridized carbons (Fsp3) is 0.222. The summed E-state index contributed by atoms with van der Waals surface area (Å²) >= 11 is 13.4. The molecule has 0 bridgehead atoms. The number of rotatable bonds is 7. The number of carboxylic acid groups (broad SMARTS) is 1. The number of para-hydroxylation sites is 1. The SMILES string of the molecule is Cc1[nH]c(C(=O)NC2[C@H]3CN(c4nc(-c5ccc(Oc6ccccc6)cc5)c(C(=O)O)s4)C[C@@H]23)c(Cl)c1Cl.[H-].[Li+]. The van der Waals surface area contributed by atoms with Gasteiger partial charge in [0.25, 0.3) is 5.91 Å². The number of thiazole rings is 1. The number of aryl methyl sites for hydroxylation is 1. The molecule has 2 aromatic heterocycles. The van der Waals surface area contributed by atoms with Gasteiger partial charge in [0.15, 0.2) is 5.13 Å². The topological polar surface area (TPSA) is 108 Å². The van der Waals surface area contributed by atoms with Crippen LogP contribution in [0.3, 0.4) is 0 Å². The number of ether oxygens (including phenoxy) is 1. The van der Waals surface area contributed by atoms with Crippen LogP contribution in [0.1, 0.15) is 27.3 Å². The molecular formula is C27H23Cl2LiN4O4S. The van der Waals surface area contributed by atoms with E-state index in [4.69, 9.17) is 32.9 Å². The maximum atomic E-state index is 12.7. The predicted molar refractivity (Wildman–Crippen MR) is 148 cm³/mol. The fourth-order valence-corrected chi connectivity index (χ4v) is 6.30. The number of piperidine rings is 1. The number of nitrogens with zero attached hydrogens (tertiary/aromatic N) is 2. The smallest absolute Gasteiger partial charge is 1.00 e. The number of carbonyl (C=O) groups is 2. The van der Waals surface area contributed by atoms with Crippen molar-refractivity contribution in [1.29, 1.82) is 0 Å². The molecule has 1 aliphatic heterocycles. The van der Waals surface area contributed by atoms with Crippen molar-refractivity contribution >= 4 is 51.5 Å². The first kappa shape index (κ1) is 27.6. The molecule has 2 fully saturated rings. The first-order chi connectivity index (χ1) is 18.3. The molecule has 2 aliphatic rings. The summed E-state index contributed by atoms with van der Waals surface area (Å²) in [5, 5.41) is 14.1. The van der Waals surface area contributed by atoms with E-state index < -0.39 is 5.97 Å². The quantitative estimate of drug-likeness (QED) is 0.292. The second-order valence-corrected chi connectivity index (χ2v) is 11.1. The normalized spacial score (nSPS) is 19.3. The number of amides is 1. The number of benzene rings is 2. The molecule has 196 valence electrons. The van der Waals surface area contributed by atoms with Crippen LogP contribution in [0.2, 0.25) is 10.0 Å². The minimum Gasteiger partial charge on any atom is -1.00 e. The number of halogens is 2. The van der Waals surface area contributed by atoms with Crippen LogP contribution in [0, 0.1) is 18.8 Å². The molecule has 3 atom stereocenters. The Labute approximate surface area is 252 Å². The first-order valence-electron chi connectivity index (χ1n) is 12.0. The summed E-state index contributed by atoms with van der Waals surface area (Å²) in [6, 6.07) is 16.7. The third kappa shape index (κ3) is 5.30. The van der Waals surface area contributed by atoms with Crippen LogP contribution in [0.25, 0.3) is 11.3 Å². The Morgan fingerprint density at radius 3 is 2.31 bits per heavy atom. The Morgan fingerprint density at radius 2 is 1.72 bits per heavy atom. The molecule has 8 nitrogen and oxygen atoms in total. The predicted octanol–water partition coefficient (Wildman–Crippen LogP) is 3.23. The van der Waals surface area contributed by atoms with Crippen LogP contribution in [0.15, 0.2) is 54.6 Å². The van der Waals surface area contributed by atoms with Gasteiger partial charge >= 0.3 is 24.8 Å². The number of anilines is 1. The Bertz CT molecular complexity index is 1540. The summed E-state index contributed by atoms with van der Waals surface area (Å²) in [5.74, 6) is 0.607. The molecule has 2 aromatic carbocycles. The second-order valence-electron chi connectivity index (χ2n) is 9.40. The van der Waals surface area contributed by atoms with Gasteiger partial charge in [-0.2, -0.15) is 0 Å². The zero-order chi connectivity index (χ0) is 26.6. The van der Waals surface area contributed by atoms with Crippen molar-refractivity contribution in [2.24, 2.45) is 11.8 Å². The fourth-order valence-electron chi connectivity index (χ4n) is 4.94. The standard InChI is InChI=1S/C27H22Cl2N4O4S.Li.H/c1-13-19(28)20(29)23(30-13)25(34)31-22-17-11-33(12-18(17)22)27-32-21(24(38-27)26(35)36)14-7-9-16(10-8-14)37-15-5-3-2-4-6-15;;/h2-10,17-18,22,30H,11-12H2,1H3,(H,31,34)(H,35,36);;/q;+1;-1/t17-,18+,22?;;. The van der Waals surface area contributed by atoms with E-state index in [0.717, 1.165) is 5.75 Å². The van der Waals surface area contributed by atoms with Gasteiger partial charge in [0, 0.05) is 42.2 Å². The van der Waals surface area contributed by atoms with E-state index in [9.17, 15) is 14.7 Å². The van der Waals surface area contributed by atoms with Gasteiger partial charge in [-0.25, -0.2) is 9.78 Å². The van der Waals surface area contributed by atoms with Gasteiger partial charge in [-0.15, -0.1) is 0 Å². The van der Waals surface area contributed by atoms with Gasteiger partial charge in [-0.3, -0.25) is 4.79 Å². The molecule has 1 saturated carbocycles. The average Bonchev–Trinajstić information content (AvgIpc) is 3.29. The van der Waals surface area contributed by atoms with Gasteiger partial charge in [-0.1, -0.05) is 52.7 Å². The minimum absolute atomic E-state index is 0. The van der Waals surface area contributed by atoms with Crippen molar-refractivity contribution in [2.45, 2.75) is 13.0 Å². The molecule has 4 aromatic rings. The summed E-state index contributed by atoms with van der Waals surface area (Å²) in [4.78, 5) is 34.6. The number of aromatic nitrogens is 2. The number of carbonyl (C=O) groups excluding carboxylic acids is 1. The molecule has 12 heteroatoms. The van der Waals surface area contributed by atoms with Gasteiger partial charge in [0.1, 0.15) is 22.1 Å². The van der Waals surface area contributed by atoms with Crippen LogP contribution >= 0.6 is 34.5 Å². The van der Waals surface area contributed by atoms with Gasteiger partial charge < -0.3 is 26.5 Å². The molecule has 39 heavy (non-hydrogen) atoms. The van der Waals surface area contributed by atoms with Crippen LogP contribution in [-0.2, 0) is 0 Å². The maximum Gasteiger partial charge on any atom is 1.00 e. The number of fused-ring (bicyclic) bond motifs is 1. The number of hydrogen-bond donors (Lipinski definition) is 3. The van der Waals surface area contributed by atoms with Crippen molar-refractivity contribution in [3.05, 3.63) is 80.9 Å². The Hall–Kier alpha value is -2.93. The third-order valence-corrected chi connectivity index (χ3v) is 9.01. The van der Waals surface area contributed by atoms with Crippen molar-refractivity contribution in [2.75, 3.05) is 18.0 Å². The molecule has 6 rings (SSSR count). The van der Waals surface area contributed by atoms with Crippen LogP contribution in [-0.4, -0.2) is 46.1 Å². The summed E-state index contributed by atoms with van der Waals surface area (Å²) in [6.45, 7) is 3.13. The van der Waals surface area contributed by atoms with Crippen LogP contribution in [0.5, 0.6) is 11.5 Å². The maximum absolute atomic E-state index is 12.7. The van der Waals surface area contributed by atoms with E-state index in [1.165, 1.54) is 11.3 Å². The number of nitrogens with one attached hydrogen (secondary N) is 2. The Morgan fingerprint density at radius 1 is 1.08 bits per heavy atom. The molecular weight excluding hydrogens is 554 g/mol. The number of aromatic amines is 1. The molecule has 1 aliphatic carbocycles. The Kier molecular flexibility index (Phi) is 7.73. The molecule has 0 radical (unpaired) electrons. The van der Waals surface area contributed by atoms with Gasteiger partial charge in [0.05, 0.1) is 15.7 Å². The van der Waals surface area contributed by atoms with E-state index in [1.54, 1.807) is 19.1 Å². The monoisotopic (exact) mass is 576 g/mol. The molecule has 0 spiro atoms. The minimum atomic E-state index is -1.01. The largest absolute Gasteiger partial charge is 1.00 e. The van der Waals surface area contributed by atoms with Crippen molar-refractivity contribution < 1.29 is 39.7 Å². The molecule has 1 saturated heterocycles. The van der Waals surface area contributed by atoms with Crippen LogP contribution < -0.4 is 33.8 Å².